The Morgan fingerprint density at radius 2 is 1.89 bits per heavy atom. The number of benzene rings is 1. The average Bonchev–Trinajstić information content (AvgIpc) is 2.46. The lowest BCUT2D eigenvalue weighted by Gasteiger charge is -2.09. The van der Waals surface area contributed by atoms with Crippen molar-refractivity contribution in [1.82, 2.24) is 4.98 Å². The Labute approximate surface area is 112 Å². The lowest BCUT2D eigenvalue weighted by molar-refractivity contribution is 0.112. The molecule has 0 aliphatic carbocycles. The van der Waals surface area contributed by atoms with Crippen LogP contribution < -0.4 is 9.47 Å². The van der Waals surface area contributed by atoms with Gasteiger partial charge >= 0.3 is 0 Å². The van der Waals surface area contributed by atoms with E-state index in [1.165, 1.54) is 0 Å². The standard InChI is InChI=1S/C15H15NO3/c1-10-6-11(4-5-12(10)9-17)13-7-14(18-2)15(19-3)16-8-13/h4-9H,1-3H3. The highest BCUT2D eigenvalue weighted by Gasteiger charge is 2.08. The molecule has 0 atom stereocenters. The smallest absolute Gasteiger partial charge is 0.256 e. The first-order valence-corrected chi connectivity index (χ1v) is 5.83. The first kappa shape index (κ1) is 13.1. The third kappa shape index (κ3) is 2.57. The summed E-state index contributed by atoms with van der Waals surface area (Å²) in [5.74, 6) is 1.03. The van der Waals surface area contributed by atoms with Crippen molar-refractivity contribution >= 4 is 6.29 Å². The monoisotopic (exact) mass is 257 g/mol. The highest BCUT2D eigenvalue weighted by Crippen LogP contribution is 2.30. The van der Waals surface area contributed by atoms with E-state index in [9.17, 15) is 4.79 Å². The molecule has 0 aliphatic rings. The fraction of sp³-hybridized carbons (Fsp3) is 0.200. The maximum atomic E-state index is 10.8. The fourth-order valence-corrected chi connectivity index (χ4v) is 1.88. The Balaban J connectivity index is 2.47. The Morgan fingerprint density at radius 1 is 1.11 bits per heavy atom. The summed E-state index contributed by atoms with van der Waals surface area (Å²) in [7, 11) is 3.12. The molecule has 1 aromatic heterocycles. The van der Waals surface area contributed by atoms with E-state index >= 15 is 0 Å². The fourth-order valence-electron chi connectivity index (χ4n) is 1.88. The highest BCUT2D eigenvalue weighted by molar-refractivity contribution is 5.79. The molecule has 4 heteroatoms. The van der Waals surface area contributed by atoms with Crippen LogP contribution in [0, 0.1) is 6.92 Å². The van der Waals surface area contributed by atoms with E-state index in [1.54, 1.807) is 26.5 Å². The van der Waals surface area contributed by atoms with Gasteiger partial charge in [0.1, 0.15) is 6.29 Å². The van der Waals surface area contributed by atoms with Crippen molar-refractivity contribution in [2.75, 3.05) is 14.2 Å². The number of methoxy groups -OCH3 is 2. The van der Waals surface area contributed by atoms with Gasteiger partial charge in [0.05, 0.1) is 14.2 Å². The second kappa shape index (κ2) is 5.52. The molecular formula is C15H15NO3. The summed E-state index contributed by atoms with van der Waals surface area (Å²) in [6.07, 6.45) is 2.57. The molecule has 0 N–H and O–H groups in total. The summed E-state index contributed by atoms with van der Waals surface area (Å²) in [5.41, 5.74) is 3.52. The van der Waals surface area contributed by atoms with Crippen LogP contribution in [-0.2, 0) is 0 Å². The van der Waals surface area contributed by atoms with Crippen LogP contribution in [0.4, 0.5) is 0 Å². The van der Waals surface area contributed by atoms with Crippen LogP contribution in [0.15, 0.2) is 30.5 Å². The second-order valence-corrected chi connectivity index (χ2v) is 4.12. The predicted molar refractivity (Wildman–Crippen MR) is 72.9 cm³/mol. The molecule has 0 bridgehead atoms. The van der Waals surface area contributed by atoms with Gasteiger partial charge in [0, 0.05) is 17.3 Å². The lowest BCUT2D eigenvalue weighted by atomic mass is 10.0. The molecule has 98 valence electrons. The Kier molecular flexibility index (Phi) is 3.80. The number of aldehydes is 1. The van der Waals surface area contributed by atoms with Crippen LogP contribution in [0.3, 0.4) is 0 Å². The van der Waals surface area contributed by atoms with Gasteiger partial charge in [0.2, 0.25) is 0 Å². The Hall–Kier alpha value is -2.36. The van der Waals surface area contributed by atoms with E-state index in [2.05, 4.69) is 4.98 Å². The van der Waals surface area contributed by atoms with Crippen molar-refractivity contribution in [3.05, 3.63) is 41.6 Å². The molecular weight excluding hydrogens is 242 g/mol. The largest absolute Gasteiger partial charge is 0.491 e. The molecule has 0 amide bonds. The first-order chi connectivity index (χ1) is 9.19. The van der Waals surface area contributed by atoms with Crippen LogP contribution in [0.2, 0.25) is 0 Å². The maximum absolute atomic E-state index is 10.8. The molecule has 0 aliphatic heterocycles. The van der Waals surface area contributed by atoms with Gasteiger partial charge in [-0.2, -0.15) is 0 Å². The number of aromatic nitrogens is 1. The van der Waals surface area contributed by atoms with Crippen LogP contribution in [-0.4, -0.2) is 25.5 Å². The number of rotatable bonds is 4. The van der Waals surface area contributed by atoms with Crippen molar-refractivity contribution < 1.29 is 14.3 Å². The molecule has 4 nitrogen and oxygen atoms in total. The minimum atomic E-state index is 0.451. The van der Waals surface area contributed by atoms with Gasteiger partial charge in [-0.15, -0.1) is 0 Å². The minimum Gasteiger partial charge on any atom is -0.491 e. The molecule has 0 radical (unpaired) electrons. The SMILES string of the molecule is COc1cc(-c2ccc(C=O)c(C)c2)cnc1OC. The summed E-state index contributed by atoms with van der Waals surface area (Å²) >= 11 is 0. The van der Waals surface area contributed by atoms with Gasteiger partial charge in [-0.05, 0) is 24.1 Å². The van der Waals surface area contributed by atoms with Gasteiger partial charge in [-0.1, -0.05) is 18.2 Å². The predicted octanol–water partition coefficient (Wildman–Crippen LogP) is 2.89. The van der Waals surface area contributed by atoms with E-state index in [-0.39, 0.29) is 0 Å². The Morgan fingerprint density at radius 3 is 2.47 bits per heavy atom. The molecule has 19 heavy (non-hydrogen) atoms. The molecule has 2 aromatic rings. The van der Waals surface area contributed by atoms with Gasteiger partial charge in [-0.25, -0.2) is 4.98 Å². The number of aryl methyl sites for hydroxylation is 1. The first-order valence-electron chi connectivity index (χ1n) is 5.83. The topological polar surface area (TPSA) is 48.4 Å². The molecule has 0 spiro atoms. The summed E-state index contributed by atoms with van der Waals surface area (Å²) < 4.78 is 10.3. The third-order valence-corrected chi connectivity index (χ3v) is 2.96. The van der Waals surface area contributed by atoms with E-state index in [1.807, 2.05) is 25.1 Å². The van der Waals surface area contributed by atoms with Gasteiger partial charge in [0.15, 0.2) is 5.75 Å². The number of ether oxygens (including phenoxy) is 2. The van der Waals surface area contributed by atoms with Crippen molar-refractivity contribution in [1.29, 1.82) is 0 Å². The van der Waals surface area contributed by atoms with Gasteiger partial charge < -0.3 is 9.47 Å². The van der Waals surface area contributed by atoms with Crippen LogP contribution >= 0.6 is 0 Å². The molecule has 2 rings (SSSR count). The maximum Gasteiger partial charge on any atom is 0.256 e. The van der Waals surface area contributed by atoms with Crippen LogP contribution in [0.5, 0.6) is 11.6 Å². The number of hydrogen-bond acceptors (Lipinski definition) is 4. The summed E-state index contributed by atoms with van der Waals surface area (Å²) in [6.45, 7) is 1.90. The van der Waals surface area contributed by atoms with Crippen molar-refractivity contribution in [3.63, 3.8) is 0 Å². The van der Waals surface area contributed by atoms with Crippen LogP contribution in [0.1, 0.15) is 15.9 Å². The van der Waals surface area contributed by atoms with Crippen LogP contribution in [0.25, 0.3) is 11.1 Å². The van der Waals surface area contributed by atoms with E-state index in [4.69, 9.17) is 9.47 Å². The number of nitrogens with zero attached hydrogens (tertiary/aromatic N) is 1. The quantitative estimate of drug-likeness (QED) is 0.790. The van der Waals surface area contributed by atoms with E-state index < -0.39 is 0 Å². The molecule has 1 aromatic carbocycles. The van der Waals surface area contributed by atoms with Crippen molar-refractivity contribution in [2.45, 2.75) is 6.92 Å². The molecule has 0 saturated carbocycles. The zero-order valence-corrected chi connectivity index (χ0v) is 11.1. The lowest BCUT2D eigenvalue weighted by Crippen LogP contribution is -1.94. The van der Waals surface area contributed by atoms with Gasteiger partial charge in [0.25, 0.3) is 5.88 Å². The highest BCUT2D eigenvalue weighted by atomic mass is 16.5. The molecule has 0 saturated heterocycles. The summed E-state index contributed by atoms with van der Waals surface area (Å²) in [6, 6.07) is 7.50. The third-order valence-electron chi connectivity index (χ3n) is 2.96. The average molecular weight is 257 g/mol. The van der Waals surface area contributed by atoms with Gasteiger partial charge in [-0.3, -0.25) is 4.79 Å². The number of hydrogen-bond donors (Lipinski definition) is 0. The van der Waals surface area contributed by atoms with Crippen molar-refractivity contribution in [3.8, 4) is 22.8 Å². The zero-order valence-electron chi connectivity index (χ0n) is 11.1. The normalized spacial score (nSPS) is 10.1. The van der Waals surface area contributed by atoms with E-state index in [0.717, 1.165) is 23.0 Å². The van der Waals surface area contributed by atoms with Crippen molar-refractivity contribution in [2.24, 2.45) is 0 Å². The number of carbonyl (C=O) groups excluding carboxylic acids is 1. The second-order valence-electron chi connectivity index (χ2n) is 4.12. The van der Waals surface area contributed by atoms with E-state index in [0.29, 0.717) is 17.2 Å². The summed E-state index contributed by atoms with van der Waals surface area (Å²) in [4.78, 5) is 15.0. The molecule has 0 fully saturated rings. The summed E-state index contributed by atoms with van der Waals surface area (Å²) in [5, 5.41) is 0. The number of carbonyl (C=O) groups is 1. The zero-order chi connectivity index (χ0) is 13.8. The molecule has 0 unspecified atom stereocenters. The number of pyridine rings is 1. The Bertz CT molecular complexity index is 608. The molecule has 1 heterocycles. The minimum absolute atomic E-state index is 0.451.